The molecule has 0 spiro atoms. The summed E-state index contributed by atoms with van der Waals surface area (Å²) in [6, 6.07) is 4.70. The van der Waals surface area contributed by atoms with Crippen molar-refractivity contribution in [1.29, 1.82) is 0 Å². The SMILES string of the molecule is CN1C(=O)C(=O)N(CC(=O)N2CCNCC2c2cccc(F)c2)C1=O.Cl. The molecule has 1 atom stereocenters. The maximum atomic E-state index is 13.5. The second-order valence-corrected chi connectivity index (χ2v) is 5.90. The Balaban J connectivity index is 0.00000243. The Kier molecular flexibility index (Phi) is 5.94. The molecule has 0 saturated carbocycles. The fourth-order valence-corrected chi connectivity index (χ4v) is 2.99. The van der Waals surface area contributed by atoms with Gasteiger partial charge in [0, 0.05) is 26.7 Å². The Hall–Kier alpha value is -2.52. The molecule has 2 aliphatic heterocycles. The van der Waals surface area contributed by atoms with Crippen LogP contribution in [-0.4, -0.2) is 71.7 Å². The van der Waals surface area contributed by atoms with E-state index in [0.29, 0.717) is 35.0 Å². The Morgan fingerprint density at radius 2 is 2.00 bits per heavy atom. The standard InChI is InChI=1S/C16H17FN4O4.ClH/c1-19-14(23)15(24)21(16(19)25)9-13(22)20-6-5-18-8-12(20)10-3-2-4-11(17)7-10;/h2-4,7,12,18H,5-6,8-9H2,1H3;1H. The number of likely N-dealkylation sites (N-methyl/N-ethyl adjacent to an activating group) is 1. The van der Waals surface area contributed by atoms with Crippen LogP contribution in [0.1, 0.15) is 11.6 Å². The molecule has 1 aromatic rings. The number of hydrogen-bond donors (Lipinski definition) is 1. The molecule has 1 unspecified atom stereocenters. The van der Waals surface area contributed by atoms with Crippen molar-refractivity contribution < 1.29 is 23.6 Å². The third-order valence-corrected chi connectivity index (χ3v) is 4.34. The Morgan fingerprint density at radius 1 is 1.27 bits per heavy atom. The van der Waals surface area contributed by atoms with Crippen LogP contribution < -0.4 is 5.32 Å². The lowest BCUT2D eigenvalue weighted by molar-refractivity contribution is -0.145. The van der Waals surface area contributed by atoms with Crippen LogP contribution in [0.15, 0.2) is 24.3 Å². The highest BCUT2D eigenvalue weighted by Crippen LogP contribution is 2.23. The van der Waals surface area contributed by atoms with E-state index in [1.165, 1.54) is 24.1 Å². The van der Waals surface area contributed by atoms with Gasteiger partial charge >= 0.3 is 17.8 Å². The van der Waals surface area contributed by atoms with Crippen molar-refractivity contribution in [2.45, 2.75) is 6.04 Å². The van der Waals surface area contributed by atoms with E-state index in [4.69, 9.17) is 0 Å². The first-order valence-electron chi connectivity index (χ1n) is 7.79. The predicted octanol–water partition coefficient (Wildman–Crippen LogP) is 0.141. The summed E-state index contributed by atoms with van der Waals surface area (Å²) in [7, 11) is 1.19. The van der Waals surface area contributed by atoms with Crippen molar-refractivity contribution in [3.63, 3.8) is 0 Å². The second kappa shape index (κ2) is 7.79. The molecule has 0 bridgehead atoms. The molecule has 0 aromatic heterocycles. The molecule has 2 fully saturated rings. The van der Waals surface area contributed by atoms with Gasteiger partial charge in [-0.3, -0.25) is 19.3 Å². The van der Waals surface area contributed by atoms with E-state index in [9.17, 15) is 23.6 Å². The van der Waals surface area contributed by atoms with Gasteiger partial charge in [-0.1, -0.05) is 12.1 Å². The first-order valence-corrected chi connectivity index (χ1v) is 7.79. The molecule has 3 rings (SSSR count). The zero-order chi connectivity index (χ0) is 18.1. The van der Waals surface area contributed by atoms with Gasteiger partial charge in [-0.15, -0.1) is 12.4 Å². The average Bonchev–Trinajstić information content (AvgIpc) is 2.79. The Morgan fingerprint density at radius 3 is 2.62 bits per heavy atom. The fraction of sp³-hybridized carbons (Fsp3) is 0.375. The minimum atomic E-state index is -1.02. The number of imide groups is 2. The summed E-state index contributed by atoms with van der Waals surface area (Å²) >= 11 is 0. The molecule has 10 heteroatoms. The largest absolute Gasteiger partial charge is 0.334 e. The second-order valence-electron chi connectivity index (χ2n) is 5.90. The summed E-state index contributed by atoms with van der Waals surface area (Å²) in [6.07, 6.45) is 0. The molecule has 2 saturated heterocycles. The van der Waals surface area contributed by atoms with Crippen LogP contribution in [0.5, 0.6) is 0 Å². The first kappa shape index (κ1) is 19.8. The highest BCUT2D eigenvalue weighted by Gasteiger charge is 2.44. The lowest BCUT2D eigenvalue weighted by atomic mass is 10.0. The summed E-state index contributed by atoms with van der Waals surface area (Å²) in [5.41, 5.74) is 0.618. The van der Waals surface area contributed by atoms with E-state index >= 15 is 0 Å². The van der Waals surface area contributed by atoms with Crippen molar-refractivity contribution in [3.05, 3.63) is 35.6 Å². The van der Waals surface area contributed by atoms with Gasteiger partial charge in [-0.05, 0) is 17.7 Å². The molecular weight excluding hydrogens is 367 g/mol. The highest BCUT2D eigenvalue weighted by atomic mass is 35.5. The molecular formula is C16H18ClFN4O4. The minimum Gasteiger partial charge on any atom is -0.332 e. The minimum absolute atomic E-state index is 0. The predicted molar refractivity (Wildman–Crippen MR) is 90.9 cm³/mol. The van der Waals surface area contributed by atoms with E-state index in [2.05, 4.69) is 5.32 Å². The average molecular weight is 385 g/mol. The molecule has 5 amide bonds. The van der Waals surface area contributed by atoms with Gasteiger partial charge in [0.15, 0.2) is 0 Å². The number of benzene rings is 1. The van der Waals surface area contributed by atoms with Crippen LogP contribution in [0.4, 0.5) is 9.18 Å². The third kappa shape index (κ3) is 3.54. The zero-order valence-electron chi connectivity index (χ0n) is 14.0. The normalized spacial score (nSPS) is 20.5. The molecule has 2 heterocycles. The van der Waals surface area contributed by atoms with Gasteiger partial charge in [0.2, 0.25) is 5.91 Å². The van der Waals surface area contributed by atoms with Gasteiger partial charge in [-0.25, -0.2) is 14.1 Å². The fourth-order valence-electron chi connectivity index (χ4n) is 2.99. The van der Waals surface area contributed by atoms with Gasteiger partial charge < -0.3 is 10.2 Å². The number of amides is 5. The van der Waals surface area contributed by atoms with Crippen LogP contribution >= 0.6 is 12.4 Å². The summed E-state index contributed by atoms with van der Waals surface area (Å²) < 4.78 is 13.5. The summed E-state index contributed by atoms with van der Waals surface area (Å²) in [5.74, 6) is -2.86. The maximum absolute atomic E-state index is 13.5. The number of nitrogens with zero attached hydrogens (tertiary/aromatic N) is 3. The van der Waals surface area contributed by atoms with E-state index < -0.39 is 42.2 Å². The third-order valence-electron chi connectivity index (χ3n) is 4.34. The number of nitrogens with one attached hydrogen (secondary N) is 1. The number of rotatable bonds is 3. The molecule has 8 nitrogen and oxygen atoms in total. The van der Waals surface area contributed by atoms with Crippen molar-refractivity contribution in [2.75, 3.05) is 33.2 Å². The summed E-state index contributed by atoms with van der Waals surface area (Å²) in [4.78, 5) is 50.7. The number of halogens is 2. The van der Waals surface area contributed by atoms with E-state index in [1.54, 1.807) is 12.1 Å². The number of piperazine rings is 1. The van der Waals surface area contributed by atoms with Crippen LogP contribution in [0.2, 0.25) is 0 Å². The molecule has 140 valence electrons. The molecule has 2 aliphatic rings. The topological polar surface area (TPSA) is 90.0 Å². The van der Waals surface area contributed by atoms with Crippen LogP contribution in [0.3, 0.4) is 0 Å². The smallest absolute Gasteiger partial charge is 0.332 e. The number of urea groups is 1. The van der Waals surface area contributed by atoms with E-state index in [0.717, 1.165) is 0 Å². The lowest BCUT2D eigenvalue weighted by Crippen LogP contribution is -2.52. The van der Waals surface area contributed by atoms with Crippen LogP contribution in [0.25, 0.3) is 0 Å². The van der Waals surface area contributed by atoms with Gasteiger partial charge in [-0.2, -0.15) is 0 Å². The quantitative estimate of drug-likeness (QED) is 0.591. The van der Waals surface area contributed by atoms with Gasteiger partial charge in [0.1, 0.15) is 12.4 Å². The van der Waals surface area contributed by atoms with E-state index in [1.807, 2.05) is 0 Å². The molecule has 1 aromatic carbocycles. The van der Waals surface area contributed by atoms with Crippen molar-refractivity contribution >= 4 is 36.2 Å². The summed E-state index contributed by atoms with van der Waals surface area (Å²) in [6.45, 7) is 0.799. The molecule has 1 N–H and O–H groups in total. The van der Waals surface area contributed by atoms with Crippen molar-refractivity contribution in [3.8, 4) is 0 Å². The lowest BCUT2D eigenvalue weighted by Gasteiger charge is -2.37. The Bertz CT molecular complexity index is 760. The molecule has 0 aliphatic carbocycles. The van der Waals surface area contributed by atoms with Crippen LogP contribution in [-0.2, 0) is 14.4 Å². The first-order chi connectivity index (χ1) is 11.9. The monoisotopic (exact) mass is 384 g/mol. The van der Waals surface area contributed by atoms with Gasteiger partial charge in [0.05, 0.1) is 6.04 Å². The van der Waals surface area contributed by atoms with Crippen LogP contribution in [0, 0.1) is 5.82 Å². The zero-order valence-corrected chi connectivity index (χ0v) is 14.8. The highest BCUT2D eigenvalue weighted by molar-refractivity contribution is 6.44. The number of hydrogen-bond acceptors (Lipinski definition) is 5. The number of carbonyl (C=O) groups is 4. The molecule has 26 heavy (non-hydrogen) atoms. The Labute approximate surface area is 155 Å². The maximum Gasteiger partial charge on any atom is 0.334 e. The van der Waals surface area contributed by atoms with Crippen molar-refractivity contribution in [2.24, 2.45) is 0 Å². The van der Waals surface area contributed by atoms with Crippen molar-refractivity contribution in [1.82, 2.24) is 20.0 Å². The summed E-state index contributed by atoms with van der Waals surface area (Å²) in [5, 5.41) is 3.14. The van der Waals surface area contributed by atoms with Gasteiger partial charge in [0.25, 0.3) is 0 Å². The number of carbonyl (C=O) groups excluding carboxylic acids is 4. The van der Waals surface area contributed by atoms with E-state index in [-0.39, 0.29) is 12.4 Å². The molecule has 0 radical (unpaired) electrons.